The lowest BCUT2D eigenvalue weighted by Crippen LogP contribution is -2.15. The molecule has 0 spiro atoms. The van der Waals surface area contributed by atoms with Crippen LogP contribution in [0.5, 0.6) is 0 Å². The van der Waals surface area contributed by atoms with E-state index in [9.17, 15) is 4.79 Å². The van der Waals surface area contributed by atoms with E-state index < -0.39 is 4.30 Å². The Morgan fingerprint density at radius 1 is 1.75 bits per heavy atom. The number of carbonyl (C=O) groups is 1. The quantitative estimate of drug-likeness (QED) is 0.348. The summed E-state index contributed by atoms with van der Waals surface area (Å²) in [5, 5.41) is 0. The molecule has 0 amide bonds. The van der Waals surface area contributed by atoms with Gasteiger partial charge in [-0.2, -0.15) is 0 Å². The van der Waals surface area contributed by atoms with Crippen LogP contribution < -0.4 is 0 Å². The second-order valence-electron chi connectivity index (χ2n) is 1.15. The Kier molecular flexibility index (Phi) is 1.72. The van der Waals surface area contributed by atoms with Crippen LogP contribution in [0.3, 0.4) is 0 Å². The minimum absolute atomic E-state index is 0.351. The summed E-state index contributed by atoms with van der Waals surface area (Å²) in [6.45, 7) is 0. The van der Waals surface area contributed by atoms with Crippen LogP contribution in [0.25, 0.3) is 0 Å². The zero-order chi connectivity index (χ0) is 5.98. The fourth-order valence-electron chi connectivity index (χ4n) is 0.315. The fraction of sp³-hybridized carbons (Fsp3) is 0.250. The molecular weight excluding hydrogens is 223 g/mol. The summed E-state index contributed by atoms with van der Waals surface area (Å²) in [6, 6.07) is 0. The molecule has 0 fully saturated rings. The second kappa shape index (κ2) is 2.34. The fourth-order valence-corrected chi connectivity index (χ4v) is 0.735. The highest BCUT2D eigenvalue weighted by Crippen LogP contribution is 2.09. The molecule has 0 radical (unpaired) electrons. The van der Waals surface area contributed by atoms with E-state index in [4.69, 9.17) is 4.74 Å². The Bertz CT molecular complexity index is 131. The average molecular weight is 226 g/mol. The summed E-state index contributed by atoms with van der Waals surface area (Å²) in [6.07, 6.45) is 2.55. The number of hydrogen-bond donors (Lipinski definition) is 0. The van der Waals surface area contributed by atoms with Crippen molar-refractivity contribution in [2.75, 3.05) is 0 Å². The van der Waals surface area contributed by atoms with Crippen molar-refractivity contribution in [2.45, 2.75) is 4.30 Å². The topological polar surface area (TPSA) is 35.5 Å². The van der Waals surface area contributed by atoms with Gasteiger partial charge in [-0.25, -0.2) is 4.79 Å². The van der Waals surface area contributed by atoms with Gasteiger partial charge in [-0.05, 0) is 0 Å². The number of alkyl halides is 1. The van der Waals surface area contributed by atoms with Gasteiger partial charge in [0.1, 0.15) is 0 Å². The van der Waals surface area contributed by atoms with E-state index in [2.05, 4.69) is 4.74 Å². The van der Waals surface area contributed by atoms with E-state index in [0.29, 0.717) is 0 Å². The SMILES string of the molecule is O=C1C=COC(I)O1. The normalized spacial score (nSPS) is 26.6. The van der Waals surface area contributed by atoms with Gasteiger partial charge in [-0.3, -0.25) is 0 Å². The Morgan fingerprint density at radius 3 is 2.88 bits per heavy atom. The third-order valence-corrected chi connectivity index (χ3v) is 1.15. The van der Waals surface area contributed by atoms with Gasteiger partial charge >= 0.3 is 5.97 Å². The first-order valence-electron chi connectivity index (χ1n) is 1.96. The molecule has 0 saturated carbocycles. The average Bonchev–Trinajstić information content (AvgIpc) is 1.64. The first-order chi connectivity index (χ1) is 3.79. The maximum atomic E-state index is 10.3. The lowest BCUT2D eigenvalue weighted by molar-refractivity contribution is -0.152. The highest BCUT2D eigenvalue weighted by Gasteiger charge is 2.11. The van der Waals surface area contributed by atoms with Crippen LogP contribution in [0.2, 0.25) is 0 Å². The number of rotatable bonds is 0. The van der Waals surface area contributed by atoms with Crippen molar-refractivity contribution in [3.05, 3.63) is 12.3 Å². The minimum Gasteiger partial charge on any atom is -0.454 e. The van der Waals surface area contributed by atoms with E-state index >= 15 is 0 Å². The summed E-state index contributed by atoms with van der Waals surface area (Å²) in [4.78, 5) is 10.3. The lowest BCUT2D eigenvalue weighted by Gasteiger charge is -2.12. The molecule has 1 aliphatic heterocycles. The maximum absolute atomic E-state index is 10.3. The van der Waals surface area contributed by atoms with Crippen molar-refractivity contribution in [2.24, 2.45) is 0 Å². The number of esters is 1. The van der Waals surface area contributed by atoms with Gasteiger partial charge in [-0.15, -0.1) is 0 Å². The molecular formula is C4H3IO3. The Labute approximate surface area is 59.8 Å². The number of carbonyl (C=O) groups excluding carboxylic acids is 1. The number of cyclic esters (lactones) is 1. The maximum Gasteiger partial charge on any atom is 0.337 e. The Morgan fingerprint density at radius 2 is 2.50 bits per heavy atom. The first kappa shape index (κ1) is 5.87. The molecule has 0 aromatic carbocycles. The van der Waals surface area contributed by atoms with Crippen LogP contribution in [0.4, 0.5) is 0 Å². The summed E-state index contributed by atoms with van der Waals surface area (Å²) < 4.78 is 8.78. The molecule has 0 aliphatic carbocycles. The summed E-state index contributed by atoms with van der Waals surface area (Å²) >= 11 is 1.86. The highest BCUT2D eigenvalue weighted by molar-refractivity contribution is 14.1. The van der Waals surface area contributed by atoms with Gasteiger partial charge in [0, 0.05) is 22.6 Å². The third kappa shape index (κ3) is 1.36. The van der Waals surface area contributed by atoms with Crippen molar-refractivity contribution >= 4 is 28.6 Å². The molecule has 0 aromatic heterocycles. The molecule has 0 aromatic rings. The minimum atomic E-state index is -0.454. The van der Waals surface area contributed by atoms with Crippen LogP contribution >= 0.6 is 22.6 Å². The molecule has 1 rings (SSSR count). The molecule has 0 bridgehead atoms. The zero-order valence-corrected chi connectivity index (χ0v) is 5.99. The van der Waals surface area contributed by atoms with Crippen molar-refractivity contribution < 1.29 is 14.3 Å². The van der Waals surface area contributed by atoms with Gasteiger partial charge in [-0.1, -0.05) is 0 Å². The van der Waals surface area contributed by atoms with E-state index in [1.165, 1.54) is 12.3 Å². The van der Waals surface area contributed by atoms with Gasteiger partial charge in [0.05, 0.1) is 12.3 Å². The van der Waals surface area contributed by atoms with Gasteiger partial charge in [0.2, 0.25) is 0 Å². The molecule has 3 nitrogen and oxygen atoms in total. The number of hydrogen-bond acceptors (Lipinski definition) is 3. The largest absolute Gasteiger partial charge is 0.454 e. The van der Waals surface area contributed by atoms with Crippen molar-refractivity contribution in [1.82, 2.24) is 0 Å². The van der Waals surface area contributed by atoms with Crippen molar-refractivity contribution in [1.29, 1.82) is 0 Å². The molecule has 1 unspecified atom stereocenters. The number of ether oxygens (including phenoxy) is 2. The predicted octanol–water partition coefficient (Wildman–Crippen LogP) is 0.792. The monoisotopic (exact) mass is 226 g/mol. The summed E-state index contributed by atoms with van der Waals surface area (Å²) in [5.74, 6) is -0.351. The van der Waals surface area contributed by atoms with Gasteiger partial charge in [0.25, 0.3) is 4.30 Å². The van der Waals surface area contributed by atoms with E-state index in [-0.39, 0.29) is 5.97 Å². The van der Waals surface area contributed by atoms with E-state index in [1.54, 1.807) is 0 Å². The summed E-state index contributed by atoms with van der Waals surface area (Å²) in [5.41, 5.74) is 0. The Hall–Kier alpha value is -0.260. The second-order valence-corrected chi connectivity index (χ2v) is 2.17. The molecule has 4 heteroatoms. The number of halogens is 1. The van der Waals surface area contributed by atoms with E-state index in [0.717, 1.165) is 0 Å². The van der Waals surface area contributed by atoms with Gasteiger partial charge in [0.15, 0.2) is 0 Å². The first-order valence-corrected chi connectivity index (χ1v) is 3.20. The van der Waals surface area contributed by atoms with Crippen molar-refractivity contribution in [3.63, 3.8) is 0 Å². The molecule has 0 N–H and O–H groups in total. The third-order valence-electron chi connectivity index (χ3n) is 0.598. The molecule has 1 aliphatic rings. The van der Waals surface area contributed by atoms with Crippen LogP contribution in [-0.4, -0.2) is 10.3 Å². The van der Waals surface area contributed by atoms with Crippen LogP contribution in [0.1, 0.15) is 0 Å². The smallest absolute Gasteiger partial charge is 0.337 e. The van der Waals surface area contributed by atoms with Crippen LogP contribution in [-0.2, 0) is 14.3 Å². The molecule has 0 saturated heterocycles. The van der Waals surface area contributed by atoms with Gasteiger partial charge < -0.3 is 9.47 Å². The lowest BCUT2D eigenvalue weighted by atomic mass is 10.6. The predicted molar refractivity (Wildman–Crippen MR) is 34.1 cm³/mol. The Balaban J connectivity index is 2.54. The standard InChI is InChI=1S/C4H3IO3/c5-4-7-2-1-3(6)8-4/h1-2,4H. The van der Waals surface area contributed by atoms with E-state index in [1.807, 2.05) is 22.6 Å². The zero-order valence-electron chi connectivity index (χ0n) is 3.83. The van der Waals surface area contributed by atoms with Crippen molar-refractivity contribution in [3.8, 4) is 0 Å². The highest BCUT2D eigenvalue weighted by atomic mass is 127. The summed E-state index contributed by atoms with van der Waals surface area (Å²) in [7, 11) is 0. The molecule has 1 heterocycles. The molecule has 1 atom stereocenters. The molecule has 44 valence electrons. The molecule has 8 heavy (non-hydrogen) atoms. The van der Waals surface area contributed by atoms with Crippen LogP contribution in [0.15, 0.2) is 12.3 Å². The van der Waals surface area contributed by atoms with Crippen LogP contribution in [0, 0.1) is 0 Å².